The predicted octanol–water partition coefficient (Wildman–Crippen LogP) is 6.52. The van der Waals surface area contributed by atoms with Crippen LogP contribution in [0.2, 0.25) is 18.1 Å². The smallest absolute Gasteiger partial charge is 0.192 e. The van der Waals surface area contributed by atoms with E-state index in [-0.39, 0.29) is 17.2 Å². The highest BCUT2D eigenvalue weighted by atomic mass is 28.4. The van der Waals surface area contributed by atoms with Crippen molar-refractivity contribution in [3.63, 3.8) is 0 Å². The molecule has 0 spiro atoms. The first-order valence-electron chi connectivity index (χ1n) is 10.7. The molecule has 158 valence electrons. The van der Waals surface area contributed by atoms with Crippen molar-refractivity contribution >= 4 is 8.32 Å². The van der Waals surface area contributed by atoms with E-state index in [0.717, 1.165) is 5.56 Å². The van der Waals surface area contributed by atoms with E-state index in [9.17, 15) is 0 Å². The Labute approximate surface area is 182 Å². The van der Waals surface area contributed by atoms with Crippen LogP contribution in [-0.2, 0) is 4.43 Å². The van der Waals surface area contributed by atoms with Gasteiger partial charge in [0.15, 0.2) is 8.32 Å². The van der Waals surface area contributed by atoms with E-state index in [1.807, 2.05) is 18.5 Å². The molecule has 0 bridgehead atoms. The highest BCUT2D eigenvalue weighted by molar-refractivity contribution is 6.74. The molecule has 1 unspecified atom stereocenters. The molecule has 2 aromatic carbocycles. The van der Waals surface area contributed by atoms with Crippen LogP contribution in [-0.4, -0.2) is 19.8 Å². The Balaban J connectivity index is 1.87. The van der Waals surface area contributed by atoms with Gasteiger partial charge in [0.2, 0.25) is 0 Å². The monoisotopic (exact) mass is 418 g/mol. The van der Waals surface area contributed by atoms with Gasteiger partial charge in [0, 0.05) is 18.9 Å². The van der Waals surface area contributed by atoms with Crippen LogP contribution in [0.3, 0.4) is 0 Å². The summed E-state index contributed by atoms with van der Waals surface area (Å²) in [5, 5.41) is 3.94. The molecular weight excluding hydrogens is 384 g/mol. The van der Waals surface area contributed by atoms with Crippen LogP contribution < -0.4 is 5.32 Å². The molecule has 1 atom stereocenters. The van der Waals surface area contributed by atoms with Gasteiger partial charge in [-0.2, -0.15) is 0 Å². The number of rotatable bonds is 8. The maximum Gasteiger partial charge on any atom is 0.192 e. The third kappa shape index (κ3) is 5.66. The Morgan fingerprint density at radius 2 is 1.37 bits per heavy atom. The zero-order valence-corrected chi connectivity index (χ0v) is 19.8. The van der Waals surface area contributed by atoms with E-state index in [1.165, 1.54) is 11.1 Å². The molecule has 0 amide bonds. The normalized spacial score (nSPS) is 13.4. The van der Waals surface area contributed by atoms with Crippen molar-refractivity contribution in [3.8, 4) is 0 Å². The molecule has 0 radical (unpaired) electrons. The highest BCUT2D eigenvalue weighted by Gasteiger charge is 2.39. The largest absolute Gasteiger partial charge is 0.409 e. The Hall–Kier alpha value is -2.27. The van der Waals surface area contributed by atoms with Crippen molar-refractivity contribution in [1.82, 2.24) is 10.3 Å². The molecule has 1 heterocycles. The number of hydrogen-bond acceptors (Lipinski definition) is 3. The van der Waals surface area contributed by atoms with Crippen molar-refractivity contribution in [2.24, 2.45) is 0 Å². The van der Waals surface area contributed by atoms with Crippen molar-refractivity contribution in [3.05, 3.63) is 102 Å². The molecule has 3 rings (SSSR count). The van der Waals surface area contributed by atoms with Gasteiger partial charge in [-0.1, -0.05) is 87.5 Å². The molecule has 0 saturated heterocycles. The first kappa shape index (κ1) is 22.4. The Morgan fingerprint density at radius 1 is 0.833 bits per heavy atom. The minimum absolute atomic E-state index is 0.0467. The lowest BCUT2D eigenvalue weighted by molar-refractivity contribution is 0.177. The van der Waals surface area contributed by atoms with Crippen LogP contribution in [0.5, 0.6) is 0 Å². The van der Waals surface area contributed by atoms with Crippen molar-refractivity contribution in [1.29, 1.82) is 0 Å². The molecule has 3 aromatic rings. The van der Waals surface area contributed by atoms with Crippen LogP contribution in [0, 0.1) is 0 Å². The SMILES string of the molecule is CC(C)(C)[Si](C)(C)OC(CNC(c1ccccc1)c1ccccc1)c1cccnc1. The van der Waals surface area contributed by atoms with Crippen molar-refractivity contribution in [2.75, 3.05) is 6.54 Å². The quantitative estimate of drug-likeness (QED) is 0.423. The summed E-state index contributed by atoms with van der Waals surface area (Å²) in [6.45, 7) is 12.2. The predicted molar refractivity (Wildman–Crippen MR) is 128 cm³/mol. The first-order valence-corrected chi connectivity index (χ1v) is 13.6. The fourth-order valence-corrected chi connectivity index (χ4v) is 4.55. The summed E-state index contributed by atoms with van der Waals surface area (Å²) < 4.78 is 6.85. The molecule has 0 aliphatic rings. The van der Waals surface area contributed by atoms with Crippen LogP contribution in [0.4, 0.5) is 0 Å². The standard InChI is InChI=1S/C26H34N2OSi/c1-26(2,3)30(4,5)29-24(23-17-12-18-27-19-23)20-28-25(21-13-8-6-9-14-21)22-15-10-7-11-16-22/h6-19,24-25,28H,20H2,1-5H3. The van der Waals surface area contributed by atoms with Gasteiger partial charge in [-0.25, -0.2) is 0 Å². The summed E-state index contributed by atoms with van der Waals surface area (Å²) in [7, 11) is -1.95. The van der Waals surface area contributed by atoms with Crippen LogP contribution in [0.15, 0.2) is 85.2 Å². The summed E-state index contributed by atoms with van der Waals surface area (Å²) >= 11 is 0. The highest BCUT2D eigenvalue weighted by Crippen LogP contribution is 2.39. The molecule has 0 aliphatic heterocycles. The number of nitrogens with one attached hydrogen (secondary N) is 1. The van der Waals surface area contributed by atoms with E-state index in [1.54, 1.807) is 0 Å². The molecule has 3 nitrogen and oxygen atoms in total. The van der Waals surface area contributed by atoms with Gasteiger partial charge >= 0.3 is 0 Å². The fraction of sp³-hybridized carbons (Fsp3) is 0.346. The molecule has 0 fully saturated rings. The number of benzene rings is 2. The average molecular weight is 419 g/mol. The fourth-order valence-electron chi connectivity index (χ4n) is 3.27. The first-order chi connectivity index (χ1) is 14.3. The maximum atomic E-state index is 6.85. The van der Waals surface area contributed by atoms with Crippen molar-refractivity contribution < 1.29 is 4.43 Å². The number of hydrogen-bond donors (Lipinski definition) is 1. The summed E-state index contributed by atoms with van der Waals surface area (Å²) in [5.41, 5.74) is 3.62. The Kier molecular flexibility index (Phi) is 7.24. The summed E-state index contributed by atoms with van der Waals surface area (Å²) in [6.07, 6.45) is 3.70. The number of aromatic nitrogens is 1. The van der Waals surface area contributed by atoms with Gasteiger partial charge in [0.05, 0.1) is 12.1 Å². The second kappa shape index (κ2) is 9.69. The van der Waals surface area contributed by atoms with Gasteiger partial charge < -0.3 is 9.74 Å². The lowest BCUT2D eigenvalue weighted by atomic mass is 9.98. The lowest BCUT2D eigenvalue weighted by Gasteiger charge is -2.39. The molecule has 1 aromatic heterocycles. The third-order valence-corrected chi connectivity index (χ3v) is 10.6. The third-order valence-electron chi connectivity index (χ3n) is 6.07. The topological polar surface area (TPSA) is 34.1 Å². The van der Waals surface area contributed by atoms with Crippen LogP contribution in [0.1, 0.15) is 49.6 Å². The molecule has 30 heavy (non-hydrogen) atoms. The second-order valence-electron chi connectivity index (χ2n) is 9.32. The molecular formula is C26H34N2OSi. The number of pyridine rings is 1. The lowest BCUT2D eigenvalue weighted by Crippen LogP contribution is -2.43. The Morgan fingerprint density at radius 3 is 1.83 bits per heavy atom. The van der Waals surface area contributed by atoms with Gasteiger partial charge in [-0.05, 0) is 40.9 Å². The number of nitrogens with zero attached hydrogens (tertiary/aromatic N) is 1. The molecule has 0 saturated carbocycles. The summed E-state index contributed by atoms with van der Waals surface area (Å²) in [4.78, 5) is 4.35. The average Bonchev–Trinajstić information content (AvgIpc) is 2.74. The molecule has 0 aliphatic carbocycles. The maximum absolute atomic E-state index is 6.85. The van der Waals surface area contributed by atoms with E-state index in [0.29, 0.717) is 6.54 Å². The minimum atomic E-state index is -1.95. The van der Waals surface area contributed by atoms with E-state index in [4.69, 9.17) is 4.43 Å². The minimum Gasteiger partial charge on any atom is -0.409 e. The zero-order valence-electron chi connectivity index (χ0n) is 18.8. The van der Waals surface area contributed by atoms with Crippen molar-refractivity contribution in [2.45, 2.75) is 51.0 Å². The Bertz CT molecular complexity index is 853. The zero-order chi connectivity index (χ0) is 21.6. The van der Waals surface area contributed by atoms with E-state index >= 15 is 0 Å². The second-order valence-corrected chi connectivity index (χ2v) is 14.1. The van der Waals surface area contributed by atoms with Gasteiger partial charge in [0.1, 0.15) is 0 Å². The van der Waals surface area contributed by atoms with Gasteiger partial charge in [-0.3, -0.25) is 4.98 Å². The summed E-state index contributed by atoms with van der Waals surface area (Å²) in [5.74, 6) is 0. The van der Waals surface area contributed by atoms with E-state index < -0.39 is 8.32 Å². The molecule has 1 N–H and O–H groups in total. The van der Waals surface area contributed by atoms with Gasteiger partial charge in [0.25, 0.3) is 0 Å². The van der Waals surface area contributed by atoms with Crippen LogP contribution >= 0.6 is 0 Å². The van der Waals surface area contributed by atoms with E-state index in [2.05, 4.69) is 111 Å². The summed E-state index contributed by atoms with van der Waals surface area (Å²) in [6, 6.07) is 25.4. The van der Waals surface area contributed by atoms with Gasteiger partial charge in [-0.15, -0.1) is 0 Å². The molecule has 4 heteroatoms. The van der Waals surface area contributed by atoms with Crippen LogP contribution in [0.25, 0.3) is 0 Å².